The van der Waals surface area contributed by atoms with Gasteiger partial charge < -0.3 is 10.4 Å². The fourth-order valence-electron chi connectivity index (χ4n) is 2.62. The highest BCUT2D eigenvalue weighted by Crippen LogP contribution is 2.32. The van der Waals surface area contributed by atoms with E-state index in [9.17, 15) is 9.59 Å². The molecule has 2 N–H and O–H groups in total. The van der Waals surface area contributed by atoms with E-state index in [4.69, 9.17) is 5.11 Å². The van der Waals surface area contributed by atoms with Crippen molar-refractivity contribution in [1.29, 1.82) is 0 Å². The van der Waals surface area contributed by atoms with Gasteiger partial charge in [0.1, 0.15) is 6.42 Å². The van der Waals surface area contributed by atoms with E-state index in [1.54, 1.807) is 0 Å². The molecule has 0 aromatic heterocycles. The molecule has 0 atom stereocenters. The summed E-state index contributed by atoms with van der Waals surface area (Å²) < 4.78 is 0. The summed E-state index contributed by atoms with van der Waals surface area (Å²) in [4.78, 5) is 21.7. The number of rotatable bonds is 4. The average molecular weight is 261 g/mol. The quantitative estimate of drug-likeness (QED) is 0.818. The minimum Gasteiger partial charge on any atom is -0.481 e. The molecular formula is C15H19NO3. The van der Waals surface area contributed by atoms with Crippen LogP contribution >= 0.6 is 0 Å². The summed E-state index contributed by atoms with van der Waals surface area (Å²) in [7, 11) is 0. The summed E-state index contributed by atoms with van der Waals surface area (Å²) >= 11 is 0. The van der Waals surface area contributed by atoms with Gasteiger partial charge in [0.05, 0.1) is 0 Å². The Morgan fingerprint density at radius 3 is 2.32 bits per heavy atom. The maximum atomic E-state index is 11.3. The highest BCUT2D eigenvalue weighted by molar-refractivity contribution is 6.01. The smallest absolute Gasteiger partial charge is 0.312 e. The SMILES string of the molecule is O=C(O)CC(=O)Nc1ccc(C2CCCCC2)cc1. The first-order valence-corrected chi connectivity index (χ1v) is 6.77. The lowest BCUT2D eigenvalue weighted by Crippen LogP contribution is -2.15. The van der Waals surface area contributed by atoms with Crippen LogP contribution in [0.2, 0.25) is 0 Å². The summed E-state index contributed by atoms with van der Waals surface area (Å²) in [5.74, 6) is -0.966. The molecule has 2 rings (SSSR count). The van der Waals surface area contributed by atoms with Crippen molar-refractivity contribution in [2.24, 2.45) is 0 Å². The van der Waals surface area contributed by atoms with Gasteiger partial charge in [-0.25, -0.2) is 0 Å². The molecule has 4 nitrogen and oxygen atoms in total. The van der Waals surface area contributed by atoms with Crippen LogP contribution in [0.1, 0.15) is 50.0 Å². The number of hydrogen-bond donors (Lipinski definition) is 2. The largest absolute Gasteiger partial charge is 0.481 e. The molecule has 1 aromatic rings. The molecule has 1 aromatic carbocycles. The van der Waals surface area contributed by atoms with Gasteiger partial charge in [0, 0.05) is 5.69 Å². The van der Waals surface area contributed by atoms with E-state index >= 15 is 0 Å². The molecule has 1 amide bonds. The molecule has 1 aliphatic rings. The van der Waals surface area contributed by atoms with Crippen molar-refractivity contribution in [3.63, 3.8) is 0 Å². The van der Waals surface area contributed by atoms with Crippen LogP contribution in [0.5, 0.6) is 0 Å². The summed E-state index contributed by atoms with van der Waals surface area (Å²) in [6.45, 7) is 0. The maximum absolute atomic E-state index is 11.3. The molecule has 0 heterocycles. The van der Waals surface area contributed by atoms with Crippen LogP contribution in [0, 0.1) is 0 Å². The number of nitrogens with one attached hydrogen (secondary N) is 1. The third-order valence-electron chi connectivity index (χ3n) is 3.58. The minimum atomic E-state index is -1.11. The van der Waals surface area contributed by atoms with Crippen LogP contribution in [-0.4, -0.2) is 17.0 Å². The highest BCUT2D eigenvalue weighted by Gasteiger charge is 2.15. The lowest BCUT2D eigenvalue weighted by molar-refractivity contribution is -0.139. The van der Waals surface area contributed by atoms with E-state index in [0.717, 1.165) is 0 Å². The Kier molecular flexibility index (Phi) is 4.55. The molecule has 19 heavy (non-hydrogen) atoms. The Labute approximate surface area is 112 Å². The van der Waals surface area contributed by atoms with Gasteiger partial charge in [-0.3, -0.25) is 9.59 Å². The van der Waals surface area contributed by atoms with E-state index in [1.165, 1.54) is 37.7 Å². The van der Waals surface area contributed by atoms with Crippen molar-refractivity contribution in [1.82, 2.24) is 0 Å². The summed E-state index contributed by atoms with van der Waals surface area (Å²) in [6.07, 6.45) is 5.91. The molecule has 0 spiro atoms. The minimum absolute atomic E-state index is 0.488. The molecule has 4 heteroatoms. The van der Waals surface area contributed by atoms with Crippen LogP contribution in [0.4, 0.5) is 5.69 Å². The molecule has 1 aliphatic carbocycles. The number of carbonyl (C=O) groups is 2. The van der Waals surface area contributed by atoms with E-state index in [-0.39, 0.29) is 0 Å². The zero-order chi connectivity index (χ0) is 13.7. The van der Waals surface area contributed by atoms with Gasteiger partial charge in [-0.05, 0) is 36.5 Å². The summed E-state index contributed by atoms with van der Waals surface area (Å²) in [5, 5.41) is 11.1. The van der Waals surface area contributed by atoms with E-state index in [1.807, 2.05) is 24.3 Å². The monoisotopic (exact) mass is 261 g/mol. The number of aliphatic carboxylic acids is 1. The van der Waals surface area contributed by atoms with Gasteiger partial charge in [-0.2, -0.15) is 0 Å². The topological polar surface area (TPSA) is 66.4 Å². The third-order valence-corrected chi connectivity index (χ3v) is 3.58. The zero-order valence-electron chi connectivity index (χ0n) is 10.9. The van der Waals surface area contributed by atoms with E-state index in [0.29, 0.717) is 11.6 Å². The number of carboxylic acids is 1. The summed E-state index contributed by atoms with van der Waals surface area (Å²) in [5.41, 5.74) is 1.97. The Balaban J connectivity index is 1.94. The molecular weight excluding hydrogens is 242 g/mol. The van der Waals surface area contributed by atoms with E-state index < -0.39 is 18.3 Å². The number of hydrogen-bond acceptors (Lipinski definition) is 2. The van der Waals surface area contributed by atoms with Crippen LogP contribution < -0.4 is 5.32 Å². The number of anilines is 1. The average Bonchev–Trinajstić information content (AvgIpc) is 2.39. The first-order chi connectivity index (χ1) is 9.15. The van der Waals surface area contributed by atoms with Crippen molar-refractivity contribution in [3.8, 4) is 0 Å². The highest BCUT2D eigenvalue weighted by atomic mass is 16.4. The second-order valence-corrected chi connectivity index (χ2v) is 5.08. The first-order valence-electron chi connectivity index (χ1n) is 6.77. The zero-order valence-corrected chi connectivity index (χ0v) is 10.9. The predicted octanol–water partition coefficient (Wildman–Crippen LogP) is 3.15. The Bertz CT molecular complexity index is 447. The Morgan fingerprint density at radius 2 is 1.74 bits per heavy atom. The normalized spacial score (nSPS) is 16.0. The molecule has 0 bridgehead atoms. The number of benzene rings is 1. The van der Waals surface area contributed by atoms with Crippen LogP contribution in [0.15, 0.2) is 24.3 Å². The van der Waals surface area contributed by atoms with Crippen molar-refractivity contribution in [2.45, 2.75) is 44.4 Å². The van der Waals surface area contributed by atoms with Crippen molar-refractivity contribution in [2.75, 3.05) is 5.32 Å². The van der Waals surface area contributed by atoms with Crippen LogP contribution in [0.25, 0.3) is 0 Å². The molecule has 0 radical (unpaired) electrons. The number of carbonyl (C=O) groups excluding carboxylic acids is 1. The number of carboxylic acid groups (broad SMARTS) is 1. The predicted molar refractivity (Wildman–Crippen MR) is 73.2 cm³/mol. The fourth-order valence-corrected chi connectivity index (χ4v) is 2.62. The molecule has 1 saturated carbocycles. The second kappa shape index (κ2) is 6.36. The number of amides is 1. The van der Waals surface area contributed by atoms with Gasteiger partial charge in [-0.1, -0.05) is 31.4 Å². The van der Waals surface area contributed by atoms with Crippen LogP contribution in [0.3, 0.4) is 0 Å². The van der Waals surface area contributed by atoms with Gasteiger partial charge in [-0.15, -0.1) is 0 Å². The Morgan fingerprint density at radius 1 is 1.11 bits per heavy atom. The maximum Gasteiger partial charge on any atom is 0.312 e. The summed E-state index contributed by atoms with van der Waals surface area (Å²) in [6, 6.07) is 7.77. The van der Waals surface area contributed by atoms with Gasteiger partial charge in [0.15, 0.2) is 0 Å². The van der Waals surface area contributed by atoms with Crippen molar-refractivity contribution >= 4 is 17.6 Å². The molecule has 0 unspecified atom stereocenters. The lowest BCUT2D eigenvalue weighted by atomic mass is 9.84. The molecule has 0 aliphatic heterocycles. The standard InChI is InChI=1S/C15H19NO3/c17-14(10-15(18)19)16-13-8-6-12(7-9-13)11-4-2-1-3-5-11/h6-9,11H,1-5,10H2,(H,16,17)(H,18,19). The third kappa shape index (κ3) is 4.09. The Hall–Kier alpha value is -1.84. The molecule has 0 saturated heterocycles. The lowest BCUT2D eigenvalue weighted by Gasteiger charge is -2.22. The molecule has 1 fully saturated rings. The second-order valence-electron chi connectivity index (χ2n) is 5.08. The fraction of sp³-hybridized carbons (Fsp3) is 0.467. The van der Waals surface area contributed by atoms with E-state index in [2.05, 4.69) is 5.32 Å². The first kappa shape index (κ1) is 13.6. The van der Waals surface area contributed by atoms with Crippen molar-refractivity contribution in [3.05, 3.63) is 29.8 Å². The molecule has 102 valence electrons. The van der Waals surface area contributed by atoms with Crippen molar-refractivity contribution < 1.29 is 14.7 Å². The van der Waals surface area contributed by atoms with Gasteiger partial charge >= 0.3 is 5.97 Å². The van der Waals surface area contributed by atoms with Gasteiger partial charge in [0.2, 0.25) is 5.91 Å². The van der Waals surface area contributed by atoms with Gasteiger partial charge in [0.25, 0.3) is 0 Å². The van der Waals surface area contributed by atoms with Crippen LogP contribution in [-0.2, 0) is 9.59 Å².